The molecule has 14 heteroatoms. The van der Waals surface area contributed by atoms with E-state index in [1.165, 1.54) is 5.57 Å². The van der Waals surface area contributed by atoms with E-state index < -0.39 is 0 Å². The first-order valence-electron chi connectivity index (χ1n) is 25.6. The number of nitrogens with one attached hydrogen (secondary N) is 5. The van der Waals surface area contributed by atoms with Gasteiger partial charge in [-0.3, -0.25) is 29.4 Å². The second-order valence-corrected chi connectivity index (χ2v) is 20.5. The Morgan fingerprint density at radius 2 is 1.45 bits per heavy atom. The highest BCUT2D eigenvalue weighted by molar-refractivity contribution is 6.31. The molecule has 0 saturated carbocycles. The van der Waals surface area contributed by atoms with Crippen LogP contribution in [0.15, 0.2) is 85.7 Å². The number of hydrogen-bond donors (Lipinski definition) is 5. The lowest BCUT2D eigenvalue weighted by molar-refractivity contribution is -0.121. The van der Waals surface area contributed by atoms with Crippen molar-refractivity contribution in [1.29, 1.82) is 0 Å². The molecule has 5 aromatic heterocycles. The summed E-state index contributed by atoms with van der Waals surface area (Å²) in [4.78, 5) is 57.0. The summed E-state index contributed by atoms with van der Waals surface area (Å²) in [7, 11) is 0. The number of Topliss-reactive ketones (excluding diaryl/α,β-unsaturated/α-hetero) is 1. The number of pyridine rings is 2. The first-order chi connectivity index (χ1) is 35.4. The van der Waals surface area contributed by atoms with Gasteiger partial charge in [0.25, 0.3) is 0 Å². The molecule has 1 amide bonds. The van der Waals surface area contributed by atoms with Crippen molar-refractivity contribution in [3.05, 3.63) is 146 Å². The van der Waals surface area contributed by atoms with Crippen LogP contribution in [0.5, 0.6) is 0 Å². The number of amides is 1. The van der Waals surface area contributed by atoms with Gasteiger partial charge in [0.15, 0.2) is 5.78 Å². The van der Waals surface area contributed by atoms with E-state index in [1.807, 2.05) is 61.5 Å². The summed E-state index contributed by atoms with van der Waals surface area (Å²) in [6, 6.07) is 21.9. The van der Waals surface area contributed by atoms with Crippen molar-refractivity contribution < 1.29 is 9.59 Å². The zero-order chi connectivity index (χ0) is 50.9. The summed E-state index contributed by atoms with van der Waals surface area (Å²) in [5, 5.41) is 13.9. The molecule has 12 nitrogen and oxygen atoms in total. The van der Waals surface area contributed by atoms with Crippen LogP contribution in [0.4, 0.5) is 11.4 Å². The van der Waals surface area contributed by atoms with Crippen LogP contribution in [0.2, 0.25) is 10.0 Å². The summed E-state index contributed by atoms with van der Waals surface area (Å²) < 4.78 is 0. The Morgan fingerprint density at radius 1 is 0.795 bits per heavy atom. The van der Waals surface area contributed by atoms with Crippen LogP contribution >= 0.6 is 23.2 Å². The van der Waals surface area contributed by atoms with Gasteiger partial charge in [0.1, 0.15) is 0 Å². The number of carbonyl (C=O) groups excluding carboxylic acids is 2. The largest absolute Gasteiger partial charge is 0.383 e. The first-order valence-corrected chi connectivity index (χ1v) is 26.3. The fourth-order valence-electron chi connectivity index (χ4n) is 11.1. The van der Waals surface area contributed by atoms with E-state index in [0.717, 1.165) is 163 Å². The van der Waals surface area contributed by atoms with Gasteiger partial charge >= 0.3 is 0 Å². The number of aromatic amines is 2. The fraction of sp³-hybridized carbons (Fsp3) is 0.322. The maximum atomic E-state index is 13.9. The minimum atomic E-state index is -0.0625. The summed E-state index contributed by atoms with van der Waals surface area (Å²) in [5.74, 6) is 0.0503. The van der Waals surface area contributed by atoms with Crippen molar-refractivity contribution in [1.82, 2.24) is 40.1 Å². The average Bonchev–Trinajstić information content (AvgIpc) is 4.14. The number of aromatic nitrogens is 6. The van der Waals surface area contributed by atoms with Crippen molar-refractivity contribution >= 4 is 107 Å². The number of aryl methyl sites for hydroxylation is 2. The van der Waals surface area contributed by atoms with Crippen molar-refractivity contribution in [2.75, 3.05) is 49.9 Å². The second-order valence-electron chi connectivity index (χ2n) is 19.6. The molecule has 2 atom stereocenters. The molecule has 8 bridgehead atoms. The third-order valence-electron chi connectivity index (χ3n) is 15.2. The van der Waals surface area contributed by atoms with Crippen LogP contribution in [-0.4, -0.2) is 85.8 Å². The standard InChI is InChI=1S/C59H62Cl2N10O2/c1-7-39-33(3)47-30-49-35(5)41(58(69-49)44-29-55(72)57-36(6)50(70-59(44)57)32-54-40(8-2)34(4)48(68-54)31-53(39)67-47)15-16-56(73)66-19-9-10-24-71(25-22-64-45-17-20-62-51-27-37(60)11-13-42(45)51)26-23-65-46-18-21-63-52-28-38(61)12-14-43(46)52/h7,11-14,17-18,20-21,27-28,30-32,35,41,67,70H,1,8-10,15-16,19,22-26,29H2,2-6H3,(H,62,64)(H,63,65)(H,66,73)/t35-,41?/m0/s1. The molecule has 0 radical (unpaired) electrons. The second kappa shape index (κ2) is 21.3. The van der Waals surface area contributed by atoms with Crippen LogP contribution in [0, 0.1) is 13.8 Å². The molecule has 5 N–H and O–H groups in total. The summed E-state index contributed by atoms with van der Waals surface area (Å²) in [5.41, 5.74) is 18.0. The predicted molar refractivity (Wildman–Crippen MR) is 301 cm³/mol. The van der Waals surface area contributed by atoms with Gasteiger partial charge in [-0.2, -0.15) is 0 Å². The number of H-pyrrole nitrogens is 2. The van der Waals surface area contributed by atoms with Gasteiger partial charge in [-0.15, -0.1) is 0 Å². The number of fused-ring (bicyclic) bond motifs is 10. The number of anilines is 2. The summed E-state index contributed by atoms with van der Waals surface area (Å²) >= 11 is 12.5. The van der Waals surface area contributed by atoms with E-state index in [4.69, 9.17) is 33.2 Å². The number of nitrogens with zero attached hydrogens (tertiary/aromatic N) is 5. The van der Waals surface area contributed by atoms with Crippen molar-refractivity contribution in [3.63, 3.8) is 0 Å². The molecule has 1 aliphatic carbocycles. The van der Waals surface area contributed by atoms with E-state index >= 15 is 0 Å². The number of allylic oxidation sites excluding steroid dienone is 2. The smallest absolute Gasteiger partial charge is 0.220 e. The Hall–Kier alpha value is -6.86. The zero-order valence-corrected chi connectivity index (χ0v) is 43.8. The highest BCUT2D eigenvalue weighted by Crippen LogP contribution is 2.45. The highest BCUT2D eigenvalue weighted by Gasteiger charge is 2.36. The number of carbonyl (C=O) groups is 2. The van der Waals surface area contributed by atoms with Crippen LogP contribution < -0.4 is 16.0 Å². The van der Waals surface area contributed by atoms with E-state index in [-0.39, 0.29) is 29.9 Å². The maximum Gasteiger partial charge on any atom is 0.220 e. The molecule has 73 heavy (non-hydrogen) atoms. The van der Waals surface area contributed by atoms with Crippen molar-refractivity contribution in [2.45, 2.75) is 85.0 Å². The molecule has 7 heterocycles. The molecule has 2 aliphatic heterocycles. The fourth-order valence-corrected chi connectivity index (χ4v) is 11.4. The Kier molecular flexibility index (Phi) is 14.5. The molecule has 374 valence electrons. The topological polar surface area (TPSA) is 157 Å². The molecule has 10 rings (SSSR count). The number of benzene rings is 2. The third kappa shape index (κ3) is 10.1. The number of unbranched alkanes of at least 4 members (excludes halogenated alkanes) is 1. The summed E-state index contributed by atoms with van der Waals surface area (Å²) in [6.45, 7) is 19.3. The van der Waals surface area contributed by atoms with Crippen LogP contribution in [-0.2, 0) is 11.2 Å². The normalized spacial score (nSPS) is 15.3. The molecule has 1 unspecified atom stereocenters. The Bertz CT molecular complexity index is 3450. The average molecular weight is 1010 g/mol. The van der Waals surface area contributed by atoms with Crippen molar-refractivity contribution in [2.24, 2.45) is 0 Å². The van der Waals surface area contributed by atoms with E-state index in [2.05, 4.69) is 93.3 Å². The summed E-state index contributed by atoms with van der Waals surface area (Å²) in [6.07, 6.45) is 9.31. The van der Waals surface area contributed by atoms with Gasteiger partial charge in [0, 0.05) is 141 Å². The van der Waals surface area contributed by atoms with Gasteiger partial charge in [-0.1, -0.05) is 49.7 Å². The minimum Gasteiger partial charge on any atom is -0.383 e. The minimum absolute atomic E-state index is 0.00397. The maximum absolute atomic E-state index is 13.9. The van der Waals surface area contributed by atoms with Gasteiger partial charge in [-0.05, 0) is 142 Å². The highest BCUT2D eigenvalue weighted by atomic mass is 35.5. The molecule has 0 saturated heterocycles. The number of rotatable bonds is 18. The van der Waals surface area contributed by atoms with Gasteiger partial charge in [0.05, 0.1) is 33.6 Å². The van der Waals surface area contributed by atoms with Gasteiger partial charge < -0.3 is 25.9 Å². The quantitative estimate of drug-likeness (QED) is 0.0528. The lowest BCUT2D eigenvalue weighted by atomic mass is 9.85. The number of halogens is 2. The lowest BCUT2D eigenvalue weighted by Crippen LogP contribution is -2.34. The zero-order valence-electron chi connectivity index (χ0n) is 42.2. The van der Waals surface area contributed by atoms with Crippen LogP contribution in [0.25, 0.3) is 61.1 Å². The van der Waals surface area contributed by atoms with E-state index in [0.29, 0.717) is 29.4 Å². The third-order valence-corrected chi connectivity index (χ3v) is 15.6. The SMILES string of the molecule is C=Cc1c(C)c2cc3nc(c4c5[nH]c(cc6nc(cc1[nH]2)C(C)=C6CC)c(C)c5C(=O)C4)C(CCC(=O)NCCCCN(CCNc1ccnc2cc(Cl)ccc12)CCNc1ccnc2cc(Cl)ccc12)[C@@H]3C. The molecule has 2 aromatic carbocycles. The van der Waals surface area contributed by atoms with Gasteiger partial charge in [0.2, 0.25) is 5.91 Å². The molecule has 0 spiro atoms. The molecule has 0 fully saturated rings. The van der Waals surface area contributed by atoms with Gasteiger partial charge in [-0.25, -0.2) is 4.98 Å². The number of ketones is 1. The van der Waals surface area contributed by atoms with E-state index in [1.54, 1.807) is 12.4 Å². The van der Waals surface area contributed by atoms with Crippen LogP contribution in [0.3, 0.4) is 0 Å². The first kappa shape index (κ1) is 49.7. The lowest BCUT2D eigenvalue weighted by Gasteiger charge is -2.24. The van der Waals surface area contributed by atoms with Crippen molar-refractivity contribution in [3.8, 4) is 0 Å². The van der Waals surface area contributed by atoms with Crippen LogP contribution in [0.1, 0.15) is 120 Å². The molecular weight excluding hydrogens is 952 g/mol. The molecule has 7 aromatic rings. The molecule has 3 aliphatic rings. The Morgan fingerprint density at radius 3 is 2.11 bits per heavy atom. The predicted octanol–water partition coefficient (Wildman–Crippen LogP) is 13.1. The Labute approximate surface area is 436 Å². The monoisotopic (exact) mass is 1010 g/mol. The van der Waals surface area contributed by atoms with E-state index in [9.17, 15) is 9.59 Å². The number of hydrogen-bond acceptors (Lipinski definition) is 9. The Balaban J connectivity index is 0.828. The molecular formula is C59H62Cl2N10O2.